The second kappa shape index (κ2) is 8.40. The lowest BCUT2D eigenvalue weighted by molar-refractivity contribution is -0.147. The molecule has 0 saturated carbocycles. The van der Waals surface area contributed by atoms with Gasteiger partial charge in [0.1, 0.15) is 19.0 Å². The summed E-state index contributed by atoms with van der Waals surface area (Å²) in [6, 6.07) is 14.8. The van der Waals surface area contributed by atoms with E-state index in [2.05, 4.69) is 15.0 Å². The van der Waals surface area contributed by atoms with Crippen LogP contribution in [0.5, 0.6) is 5.75 Å². The molecule has 0 amide bonds. The number of ether oxygens (including phenoxy) is 1. The lowest BCUT2D eigenvalue weighted by atomic mass is 9.99. The molecule has 150 valence electrons. The first-order valence-corrected chi connectivity index (χ1v) is 9.30. The van der Waals surface area contributed by atoms with E-state index in [1.807, 2.05) is 24.3 Å². The van der Waals surface area contributed by atoms with Gasteiger partial charge in [0.25, 0.3) is 5.89 Å². The van der Waals surface area contributed by atoms with E-state index in [1.54, 1.807) is 24.3 Å². The van der Waals surface area contributed by atoms with E-state index in [0.29, 0.717) is 30.6 Å². The van der Waals surface area contributed by atoms with Crippen LogP contribution in [-0.2, 0) is 11.3 Å². The lowest BCUT2D eigenvalue weighted by Crippen LogP contribution is -2.49. The van der Waals surface area contributed by atoms with E-state index in [9.17, 15) is 9.18 Å². The minimum Gasteiger partial charge on any atom is -0.491 e. The highest BCUT2D eigenvalue weighted by Crippen LogP contribution is 2.25. The molecule has 1 saturated heterocycles. The molecule has 1 aliphatic rings. The van der Waals surface area contributed by atoms with E-state index in [-0.39, 0.29) is 12.5 Å². The topological polar surface area (TPSA) is 88.7 Å². The Hall–Kier alpha value is -3.26. The standard InChI is InChI=1S/C21H20FN3O4/c22-9-10-28-18-7-5-16(6-8-18)20-23-19(24-29-20)15-3-1-14(2-4-15)11-25-12-17(13-25)21(26)27/h1-8,17H,9-13H2,(H,26,27). The molecule has 0 unspecified atom stereocenters. The van der Waals surface area contributed by atoms with Crippen LogP contribution in [0.25, 0.3) is 22.8 Å². The summed E-state index contributed by atoms with van der Waals surface area (Å²) in [6.45, 7) is 1.39. The Morgan fingerprint density at radius 1 is 1.14 bits per heavy atom. The summed E-state index contributed by atoms with van der Waals surface area (Å²) in [6.07, 6.45) is 0. The molecule has 1 fully saturated rings. The summed E-state index contributed by atoms with van der Waals surface area (Å²) < 4.78 is 22.7. The molecular formula is C21H20FN3O4. The van der Waals surface area contributed by atoms with Crippen molar-refractivity contribution in [1.82, 2.24) is 15.0 Å². The minimum atomic E-state index is -0.730. The van der Waals surface area contributed by atoms with Crippen molar-refractivity contribution in [1.29, 1.82) is 0 Å². The van der Waals surface area contributed by atoms with Gasteiger partial charge in [-0.25, -0.2) is 4.39 Å². The van der Waals surface area contributed by atoms with Crippen LogP contribution >= 0.6 is 0 Å². The average Bonchev–Trinajstić information content (AvgIpc) is 3.19. The number of rotatable bonds is 8. The molecule has 0 aliphatic carbocycles. The second-order valence-corrected chi connectivity index (χ2v) is 6.91. The van der Waals surface area contributed by atoms with Gasteiger partial charge < -0.3 is 14.4 Å². The van der Waals surface area contributed by atoms with Gasteiger partial charge in [-0.15, -0.1) is 0 Å². The van der Waals surface area contributed by atoms with Crippen molar-refractivity contribution >= 4 is 5.97 Å². The molecule has 2 heterocycles. The number of aromatic nitrogens is 2. The van der Waals surface area contributed by atoms with Crippen molar-refractivity contribution in [2.75, 3.05) is 26.4 Å². The number of hydrogen-bond acceptors (Lipinski definition) is 6. The molecular weight excluding hydrogens is 377 g/mol. The Bertz CT molecular complexity index is 966. The lowest BCUT2D eigenvalue weighted by Gasteiger charge is -2.36. The van der Waals surface area contributed by atoms with Gasteiger partial charge in [-0.1, -0.05) is 29.4 Å². The number of hydrogen-bond donors (Lipinski definition) is 1. The third-order valence-electron chi connectivity index (χ3n) is 4.80. The fraction of sp³-hybridized carbons (Fsp3) is 0.286. The van der Waals surface area contributed by atoms with E-state index in [1.165, 1.54) is 0 Å². The van der Waals surface area contributed by atoms with Crippen LogP contribution < -0.4 is 4.74 Å². The number of carboxylic acids is 1. The highest BCUT2D eigenvalue weighted by Gasteiger charge is 2.32. The zero-order chi connectivity index (χ0) is 20.2. The summed E-state index contributed by atoms with van der Waals surface area (Å²) in [5.74, 6) is 0.474. The maximum absolute atomic E-state index is 12.2. The van der Waals surface area contributed by atoms with Crippen LogP contribution in [0, 0.1) is 5.92 Å². The Balaban J connectivity index is 1.38. The molecule has 4 rings (SSSR count). The molecule has 0 atom stereocenters. The first-order chi connectivity index (χ1) is 14.1. The van der Waals surface area contributed by atoms with Crippen molar-refractivity contribution in [3.63, 3.8) is 0 Å². The maximum atomic E-state index is 12.2. The van der Waals surface area contributed by atoms with Crippen LogP contribution in [0.1, 0.15) is 5.56 Å². The fourth-order valence-corrected chi connectivity index (χ4v) is 3.18. The number of halogens is 1. The van der Waals surface area contributed by atoms with Gasteiger partial charge in [0.15, 0.2) is 0 Å². The molecule has 8 heteroatoms. The number of alkyl halides is 1. The summed E-state index contributed by atoms with van der Waals surface area (Å²) in [5.41, 5.74) is 2.68. The van der Waals surface area contributed by atoms with Gasteiger partial charge in [0.2, 0.25) is 5.82 Å². The van der Waals surface area contributed by atoms with Gasteiger partial charge in [-0.3, -0.25) is 9.69 Å². The van der Waals surface area contributed by atoms with Gasteiger partial charge in [-0.05, 0) is 29.8 Å². The molecule has 1 N–H and O–H groups in total. The number of likely N-dealkylation sites (tertiary alicyclic amines) is 1. The van der Waals surface area contributed by atoms with Gasteiger partial charge >= 0.3 is 5.97 Å². The molecule has 29 heavy (non-hydrogen) atoms. The van der Waals surface area contributed by atoms with Gasteiger partial charge in [0, 0.05) is 30.8 Å². The molecule has 7 nitrogen and oxygen atoms in total. The predicted molar refractivity (Wildman–Crippen MR) is 103 cm³/mol. The third kappa shape index (κ3) is 4.43. The quantitative estimate of drug-likeness (QED) is 0.624. The predicted octanol–water partition coefficient (Wildman–Crippen LogP) is 3.27. The summed E-state index contributed by atoms with van der Waals surface area (Å²) in [5, 5.41) is 13.0. The summed E-state index contributed by atoms with van der Waals surface area (Å²) in [7, 11) is 0. The monoisotopic (exact) mass is 397 g/mol. The average molecular weight is 397 g/mol. The number of aliphatic carboxylic acids is 1. The second-order valence-electron chi connectivity index (χ2n) is 6.91. The SMILES string of the molecule is O=C(O)C1CN(Cc2ccc(-c3noc(-c4ccc(OCCF)cc4)n3)cc2)C1. The smallest absolute Gasteiger partial charge is 0.309 e. The molecule has 1 aromatic heterocycles. The molecule has 0 bridgehead atoms. The van der Waals surface area contributed by atoms with E-state index < -0.39 is 12.6 Å². The first-order valence-electron chi connectivity index (χ1n) is 9.30. The largest absolute Gasteiger partial charge is 0.491 e. The van der Waals surface area contributed by atoms with Crippen molar-refractivity contribution in [2.45, 2.75) is 6.54 Å². The summed E-state index contributed by atoms with van der Waals surface area (Å²) >= 11 is 0. The van der Waals surface area contributed by atoms with Gasteiger partial charge in [-0.2, -0.15) is 4.98 Å². The van der Waals surface area contributed by atoms with Crippen LogP contribution in [0.15, 0.2) is 53.1 Å². The minimum absolute atomic E-state index is 0.0257. The normalized spacial score (nSPS) is 14.5. The van der Waals surface area contributed by atoms with E-state index >= 15 is 0 Å². The number of carbonyl (C=O) groups is 1. The van der Waals surface area contributed by atoms with Crippen molar-refractivity contribution < 1.29 is 23.6 Å². The van der Waals surface area contributed by atoms with Crippen molar-refractivity contribution in [2.24, 2.45) is 5.92 Å². The Kier molecular flexibility index (Phi) is 5.53. The Morgan fingerprint density at radius 3 is 2.48 bits per heavy atom. The molecule has 2 aromatic carbocycles. The molecule has 1 aliphatic heterocycles. The van der Waals surface area contributed by atoms with Crippen LogP contribution in [0.3, 0.4) is 0 Å². The zero-order valence-electron chi connectivity index (χ0n) is 15.6. The highest BCUT2D eigenvalue weighted by atomic mass is 19.1. The fourth-order valence-electron chi connectivity index (χ4n) is 3.18. The maximum Gasteiger partial charge on any atom is 0.309 e. The van der Waals surface area contributed by atoms with E-state index in [0.717, 1.165) is 23.2 Å². The molecule has 0 radical (unpaired) electrons. The highest BCUT2D eigenvalue weighted by molar-refractivity contribution is 5.71. The van der Waals surface area contributed by atoms with Crippen LogP contribution in [-0.4, -0.2) is 52.5 Å². The zero-order valence-corrected chi connectivity index (χ0v) is 15.6. The molecule has 0 spiro atoms. The van der Waals surface area contributed by atoms with Gasteiger partial charge in [0.05, 0.1) is 5.92 Å². The van der Waals surface area contributed by atoms with Crippen molar-refractivity contribution in [3.8, 4) is 28.6 Å². The Labute approximate surface area is 166 Å². The van der Waals surface area contributed by atoms with E-state index in [4.69, 9.17) is 14.4 Å². The molecule has 3 aromatic rings. The number of benzene rings is 2. The van der Waals surface area contributed by atoms with Crippen LogP contribution in [0.4, 0.5) is 4.39 Å². The first kappa shape index (κ1) is 19.1. The third-order valence-corrected chi connectivity index (χ3v) is 4.80. The Morgan fingerprint density at radius 2 is 1.83 bits per heavy atom. The number of nitrogens with zero attached hydrogens (tertiary/aromatic N) is 3. The van der Waals surface area contributed by atoms with Crippen molar-refractivity contribution in [3.05, 3.63) is 54.1 Å². The van der Waals surface area contributed by atoms with Crippen LogP contribution in [0.2, 0.25) is 0 Å². The summed E-state index contributed by atoms with van der Waals surface area (Å²) in [4.78, 5) is 17.4. The number of carboxylic acid groups (broad SMARTS) is 1.